The third-order valence-electron chi connectivity index (χ3n) is 3.88. The van der Waals surface area contributed by atoms with Crippen LogP contribution in [0, 0.1) is 0 Å². The van der Waals surface area contributed by atoms with Crippen LogP contribution in [0.15, 0.2) is 61.2 Å². The van der Waals surface area contributed by atoms with Crippen molar-refractivity contribution in [2.24, 2.45) is 0 Å². The molecule has 1 aliphatic heterocycles. The first-order valence-corrected chi connectivity index (χ1v) is 7.04. The van der Waals surface area contributed by atoms with Crippen molar-refractivity contribution in [2.75, 3.05) is 6.79 Å². The second-order valence-corrected chi connectivity index (χ2v) is 5.31. The van der Waals surface area contributed by atoms with E-state index in [4.69, 9.17) is 9.47 Å². The third-order valence-corrected chi connectivity index (χ3v) is 3.88. The maximum absolute atomic E-state index is 5.46. The molecule has 1 heterocycles. The van der Waals surface area contributed by atoms with E-state index in [1.165, 1.54) is 5.56 Å². The molecule has 3 heteroatoms. The molecule has 0 aromatic heterocycles. The summed E-state index contributed by atoms with van der Waals surface area (Å²) in [5, 5.41) is 3.56. The summed E-state index contributed by atoms with van der Waals surface area (Å²) in [4.78, 5) is 0. The van der Waals surface area contributed by atoms with E-state index in [0.717, 1.165) is 23.6 Å². The van der Waals surface area contributed by atoms with Gasteiger partial charge in [0.1, 0.15) is 0 Å². The number of benzene rings is 2. The van der Waals surface area contributed by atoms with Crippen LogP contribution in [0.25, 0.3) is 0 Å². The summed E-state index contributed by atoms with van der Waals surface area (Å²) in [7, 11) is 0. The lowest BCUT2D eigenvalue weighted by Gasteiger charge is -2.28. The van der Waals surface area contributed by atoms with Crippen LogP contribution in [0.3, 0.4) is 0 Å². The summed E-state index contributed by atoms with van der Waals surface area (Å²) in [5.41, 5.74) is 2.03. The average molecular weight is 281 g/mol. The number of hydrogen-bond donors (Lipinski definition) is 1. The van der Waals surface area contributed by atoms with E-state index in [1.807, 2.05) is 42.5 Å². The van der Waals surface area contributed by atoms with Crippen LogP contribution < -0.4 is 14.8 Å². The lowest BCUT2D eigenvalue weighted by Crippen LogP contribution is -2.37. The average Bonchev–Trinajstić information content (AvgIpc) is 3.01. The molecule has 1 aliphatic rings. The molecule has 0 fully saturated rings. The summed E-state index contributed by atoms with van der Waals surface area (Å²) >= 11 is 0. The van der Waals surface area contributed by atoms with E-state index in [1.54, 1.807) is 0 Å². The van der Waals surface area contributed by atoms with Crippen LogP contribution in [0.5, 0.6) is 11.5 Å². The van der Waals surface area contributed by atoms with Crippen molar-refractivity contribution in [3.8, 4) is 11.5 Å². The van der Waals surface area contributed by atoms with Crippen molar-refractivity contribution in [1.82, 2.24) is 5.32 Å². The molecule has 0 amide bonds. The van der Waals surface area contributed by atoms with Crippen molar-refractivity contribution in [3.05, 3.63) is 72.3 Å². The fourth-order valence-corrected chi connectivity index (χ4v) is 2.39. The summed E-state index contributed by atoms with van der Waals surface area (Å²) in [5.74, 6) is 1.59. The van der Waals surface area contributed by atoms with Crippen molar-refractivity contribution in [1.29, 1.82) is 0 Å². The Balaban J connectivity index is 1.81. The summed E-state index contributed by atoms with van der Waals surface area (Å²) in [6.07, 6.45) is 1.92. The van der Waals surface area contributed by atoms with Gasteiger partial charge in [-0.05, 0) is 30.2 Å². The lowest BCUT2D eigenvalue weighted by molar-refractivity contribution is 0.174. The maximum atomic E-state index is 5.46. The maximum Gasteiger partial charge on any atom is 0.231 e. The Morgan fingerprint density at radius 2 is 1.90 bits per heavy atom. The molecule has 1 N–H and O–H groups in total. The minimum absolute atomic E-state index is 0.293. The quantitative estimate of drug-likeness (QED) is 0.849. The van der Waals surface area contributed by atoms with Crippen LogP contribution in [0.1, 0.15) is 18.1 Å². The van der Waals surface area contributed by atoms with Gasteiger partial charge in [-0.1, -0.05) is 42.5 Å². The molecule has 0 saturated carbocycles. The highest BCUT2D eigenvalue weighted by Gasteiger charge is 2.25. The summed E-state index contributed by atoms with van der Waals surface area (Å²) < 4.78 is 10.8. The van der Waals surface area contributed by atoms with Gasteiger partial charge in [-0.25, -0.2) is 0 Å². The van der Waals surface area contributed by atoms with E-state index in [-0.39, 0.29) is 5.54 Å². The van der Waals surface area contributed by atoms with E-state index in [2.05, 4.69) is 31.0 Å². The second-order valence-electron chi connectivity index (χ2n) is 5.31. The molecule has 0 spiro atoms. The number of hydrogen-bond acceptors (Lipinski definition) is 3. The lowest BCUT2D eigenvalue weighted by atomic mass is 9.91. The minimum Gasteiger partial charge on any atom is -0.454 e. The van der Waals surface area contributed by atoms with E-state index in [0.29, 0.717) is 6.79 Å². The van der Waals surface area contributed by atoms with E-state index >= 15 is 0 Å². The minimum atomic E-state index is -0.323. The molecule has 21 heavy (non-hydrogen) atoms. The Morgan fingerprint density at radius 1 is 1.14 bits per heavy atom. The van der Waals surface area contributed by atoms with Gasteiger partial charge in [0.15, 0.2) is 11.5 Å². The van der Waals surface area contributed by atoms with Crippen molar-refractivity contribution >= 4 is 0 Å². The SMILES string of the molecule is C=C[C@](C)(NCc1ccccc1)c1ccc2c(c1)OCO2. The Labute approximate surface area is 125 Å². The van der Waals surface area contributed by atoms with E-state index < -0.39 is 0 Å². The van der Waals surface area contributed by atoms with Gasteiger partial charge in [-0.2, -0.15) is 0 Å². The van der Waals surface area contributed by atoms with Gasteiger partial charge < -0.3 is 14.8 Å². The molecule has 0 saturated heterocycles. The van der Waals surface area contributed by atoms with Gasteiger partial charge in [-0.15, -0.1) is 6.58 Å². The Morgan fingerprint density at radius 3 is 2.67 bits per heavy atom. The molecule has 2 aromatic carbocycles. The Kier molecular flexibility index (Phi) is 3.67. The molecule has 0 bridgehead atoms. The summed E-state index contributed by atoms with van der Waals surface area (Å²) in [6, 6.07) is 16.3. The number of nitrogens with one attached hydrogen (secondary N) is 1. The van der Waals surface area contributed by atoms with Crippen molar-refractivity contribution in [2.45, 2.75) is 19.0 Å². The molecule has 1 atom stereocenters. The fourth-order valence-electron chi connectivity index (χ4n) is 2.39. The largest absolute Gasteiger partial charge is 0.454 e. The topological polar surface area (TPSA) is 30.5 Å². The Bertz CT molecular complexity index is 639. The number of fused-ring (bicyclic) bond motifs is 1. The highest BCUT2D eigenvalue weighted by molar-refractivity contribution is 5.47. The second kappa shape index (κ2) is 5.62. The van der Waals surface area contributed by atoms with Gasteiger partial charge in [-0.3, -0.25) is 0 Å². The fraction of sp³-hybridized carbons (Fsp3) is 0.222. The molecule has 2 aromatic rings. The van der Waals surface area contributed by atoms with E-state index in [9.17, 15) is 0 Å². The smallest absolute Gasteiger partial charge is 0.231 e. The zero-order valence-electron chi connectivity index (χ0n) is 12.1. The van der Waals surface area contributed by atoms with Gasteiger partial charge in [0.2, 0.25) is 6.79 Å². The highest BCUT2D eigenvalue weighted by Crippen LogP contribution is 2.36. The molecule has 0 aliphatic carbocycles. The first-order valence-electron chi connectivity index (χ1n) is 7.04. The van der Waals surface area contributed by atoms with Crippen LogP contribution in [0.2, 0.25) is 0 Å². The zero-order chi connectivity index (χ0) is 14.7. The first-order chi connectivity index (χ1) is 10.2. The standard InChI is InChI=1S/C18H19NO2/c1-3-18(2,19-12-14-7-5-4-6-8-14)15-9-10-16-17(11-15)21-13-20-16/h3-11,19H,1,12-13H2,2H3/t18-/m0/s1. The monoisotopic (exact) mass is 281 g/mol. The molecule has 108 valence electrons. The van der Waals surface area contributed by atoms with Crippen LogP contribution in [0.4, 0.5) is 0 Å². The van der Waals surface area contributed by atoms with Crippen molar-refractivity contribution in [3.63, 3.8) is 0 Å². The van der Waals surface area contributed by atoms with Crippen LogP contribution >= 0.6 is 0 Å². The number of ether oxygens (including phenoxy) is 2. The van der Waals surface area contributed by atoms with Gasteiger partial charge in [0, 0.05) is 6.54 Å². The predicted octanol–water partition coefficient (Wildman–Crippen LogP) is 3.61. The Hall–Kier alpha value is -2.26. The normalized spacial score (nSPS) is 15.5. The van der Waals surface area contributed by atoms with Crippen molar-refractivity contribution < 1.29 is 9.47 Å². The van der Waals surface area contributed by atoms with Crippen LogP contribution in [-0.4, -0.2) is 6.79 Å². The predicted molar refractivity (Wildman–Crippen MR) is 83.4 cm³/mol. The van der Waals surface area contributed by atoms with Gasteiger partial charge in [0.05, 0.1) is 5.54 Å². The molecule has 3 rings (SSSR count). The molecular formula is C18H19NO2. The van der Waals surface area contributed by atoms with Gasteiger partial charge in [0.25, 0.3) is 0 Å². The zero-order valence-corrected chi connectivity index (χ0v) is 12.1. The first kappa shape index (κ1) is 13.7. The summed E-state index contributed by atoms with van der Waals surface area (Å²) in [6.45, 7) is 7.16. The third kappa shape index (κ3) is 2.78. The van der Waals surface area contributed by atoms with Gasteiger partial charge >= 0.3 is 0 Å². The number of rotatable bonds is 5. The highest BCUT2D eigenvalue weighted by atomic mass is 16.7. The molecule has 0 unspecified atom stereocenters. The molecular weight excluding hydrogens is 262 g/mol. The molecule has 0 radical (unpaired) electrons. The molecule has 3 nitrogen and oxygen atoms in total. The van der Waals surface area contributed by atoms with Crippen LogP contribution in [-0.2, 0) is 12.1 Å².